The van der Waals surface area contributed by atoms with Gasteiger partial charge in [0.2, 0.25) is 0 Å². The highest BCUT2D eigenvalue weighted by molar-refractivity contribution is 5.93. The summed E-state index contributed by atoms with van der Waals surface area (Å²) in [6.45, 7) is 0. The Balaban J connectivity index is 2.50. The average molecular weight is 273 g/mol. The van der Waals surface area contributed by atoms with Crippen LogP contribution in [-0.2, 0) is 4.74 Å². The molecule has 0 radical (unpaired) electrons. The van der Waals surface area contributed by atoms with Gasteiger partial charge in [-0.3, -0.25) is 0 Å². The molecule has 1 aromatic carbocycles. The minimum absolute atomic E-state index is 0.0463. The first-order valence-electron chi connectivity index (χ1n) is 5.57. The summed E-state index contributed by atoms with van der Waals surface area (Å²) in [7, 11) is 1.21. The number of rotatable bonds is 3. The highest BCUT2D eigenvalue weighted by Crippen LogP contribution is 2.20. The Morgan fingerprint density at radius 2 is 2.10 bits per heavy atom. The molecule has 7 nitrogen and oxygen atoms in total. The van der Waals surface area contributed by atoms with E-state index in [9.17, 15) is 9.59 Å². The van der Waals surface area contributed by atoms with Crippen molar-refractivity contribution in [2.45, 2.75) is 0 Å². The number of esters is 1. The van der Waals surface area contributed by atoms with Crippen LogP contribution in [0.5, 0.6) is 0 Å². The van der Waals surface area contributed by atoms with Gasteiger partial charge < -0.3 is 15.6 Å². The molecule has 0 unspecified atom stereocenters. The predicted octanol–water partition coefficient (Wildman–Crippen LogP) is 1.21. The number of nitrogens with zero attached hydrogens (tertiary/aromatic N) is 2. The molecule has 0 aliphatic rings. The molecule has 1 aromatic heterocycles. The minimum Gasteiger partial charge on any atom is -0.478 e. The molecular weight excluding hydrogens is 262 g/mol. The van der Waals surface area contributed by atoms with Gasteiger partial charge in [0.15, 0.2) is 11.5 Å². The van der Waals surface area contributed by atoms with E-state index in [1.54, 1.807) is 12.1 Å². The number of benzene rings is 1. The smallest absolute Gasteiger partial charge is 0.360 e. The van der Waals surface area contributed by atoms with E-state index in [0.29, 0.717) is 11.3 Å². The maximum atomic E-state index is 11.5. The van der Waals surface area contributed by atoms with Crippen molar-refractivity contribution in [3.05, 3.63) is 41.7 Å². The normalized spacial score (nSPS) is 10.1. The highest BCUT2D eigenvalue weighted by atomic mass is 16.5. The van der Waals surface area contributed by atoms with Gasteiger partial charge in [0.25, 0.3) is 0 Å². The van der Waals surface area contributed by atoms with E-state index in [2.05, 4.69) is 14.7 Å². The molecular formula is C13H11N3O4. The lowest BCUT2D eigenvalue weighted by molar-refractivity contribution is 0.0594. The number of carboxylic acid groups (broad SMARTS) is 1. The summed E-state index contributed by atoms with van der Waals surface area (Å²) in [6.07, 6.45) is 1.36. The Morgan fingerprint density at radius 3 is 2.75 bits per heavy atom. The van der Waals surface area contributed by atoms with Crippen LogP contribution in [0, 0.1) is 0 Å². The first kappa shape index (κ1) is 13.5. The molecule has 1 heterocycles. The number of hydrogen-bond acceptors (Lipinski definition) is 6. The fourth-order valence-electron chi connectivity index (χ4n) is 1.60. The Kier molecular flexibility index (Phi) is 3.60. The number of hydrogen-bond donors (Lipinski definition) is 2. The Hall–Kier alpha value is -2.96. The van der Waals surface area contributed by atoms with Crippen LogP contribution in [-0.4, -0.2) is 34.1 Å². The fraction of sp³-hybridized carbons (Fsp3) is 0.0769. The number of nitrogen functional groups attached to an aromatic ring is 1. The fourth-order valence-corrected chi connectivity index (χ4v) is 1.60. The number of methoxy groups -OCH3 is 1. The van der Waals surface area contributed by atoms with Gasteiger partial charge in [-0.25, -0.2) is 19.6 Å². The van der Waals surface area contributed by atoms with Gasteiger partial charge in [0.05, 0.1) is 24.6 Å². The zero-order valence-electron chi connectivity index (χ0n) is 10.5. The molecule has 0 atom stereocenters. The number of anilines is 1. The van der Waals surface area contributed by atoms with Crippen LogP contribution in [0.15, 0.2) is 30.5 Å². The second-order valence-corrected chi connectivity index (χ2v) is 3.87. The summed E-state index contributed by atoms with van der Waals surface area (Å²) in [4.78, 5) is 30.3. The van der Waals surface area contributed by atoms with Crippen molar-refractivity contribution >= 4 is 17.8 Å². The summed E-state index contributed by atoms with van der Waals surface area (Å²) in [6, 6.07) is 6.13. The lowest BCUT2D eigenvalue weighted by Crippen LogP contribution is -2.10. The molecule has 102 valence electrons. The summed E-state index contributed by atoms with van der Waals surface area (Å²) in [5.41, 5.74) is 6.41. The molecule has 3 N–H and O–H groups in total. The van der Waals surface area contributed by atoms with Crippen molar-refractivity contribution in [3.8, 4) is 11.3 Å². The Labute approximate surface area is 114 Å². The molecule has 7 heteroatoms. The van der Waals surface area contributed by atoms with E-state index >= 15 is 0 Å². The maximum absolute atomic E-state index is 11.5. The number of ether oxygens (including phenoxy) is 1. The zero-order valence-corrected chi connectivity index (χ0v) is 10.5. The predicted molar refractivity (Wildman–Crippen MR) is 70.2 cm³/mol. The van der Waals surface area contributed by atoms with Gasteiger partial charge in [-0.15, -0.1) is 0 Å². The molecule has 0 saturated heterocycles. The number of aromatic nitrogens is 2. The van der Waals surface area contributed by atoms with Crippen LogP contribution in [0.2, 0.25) is 0 Å². The van der Waals surface area contributed by atoms with E-state index in [-0.39, 0.29) is 17.1 Å². The largest absolute Gasteiger partial charge is 0.478 e. The topological polar surface area (TPSA) is 115 Å². The maximum Gasteiger partial charge on any atom is 0.360 e. The van der Waals surface area contributed by atoms with Gasteiger partial charge in [0, 0.05) is 5.56 Å². The molecule has 20 heavy (non-hydrogen) atoms. The number of nitrogens with two attached hydrogens (primary N) is 1. The number of carboxylic acids is 1. The van der Waals surface area contributed by atoms with Crippen LogP contribution >= 0.6 is 0 Å². The first-order chi connectivity index (χ1) is 9.52. The summed E-state index contributed by atoms with van der Waals surface area (Å²) in [5.74, 6) is -1.80. The second kappa shape index (κ2) is 5.35. The van der Waals surface area contributed by atoms with Crippen molar-refractivity contribution in [2.75, 3.05) is 12.8 Å². The second-order valence-electron chi connectivity index (χ2n) is 3.87. The van der Waals surface area contributed by atoms with E-state index in [0.717, 1.165) is 0 Å². The number of carbonyl (C=O) groups excluding carboxylic acids is 1. The average Bonchev–Trinajstić information content (AvgIpc) is 2.47. The third-order valence-electron chi connectivity index (χ3n) is 2.58. The third-order valence-corrected chi connectivity index (χ3v) is 2.58. The van der Waals surface area contributed by atoms with Crippen molar-refractivity contribution in [2.24, 2.45) is 0 Å². The number of carbonyl (C=O) groups is 2. The SMILES string of the molecule is COC(=O)c1nc(-c2cccc(C(=O)O)c2)cnc1N. The van der Waals surface area contributed by atoms with Crippen molar-refractivity contribution in [1.82, 2.24) is 9.97 Å². The van der Waals surface area contributed by atoms with E-state index in [1.165, 1.54) is 25.4 Å². The van der Waals surface area contributed by atoms with Crippen molar-refractivity contribution in [1.29, 1.82) is 0 Å². The molecule has 0 fully saturated rings. The third kappa shape index (κ3) is 2.56. The molecule has 0 amide bonds. The summed E-state index contributed by atoms with van der Waals surface area (Å²) < 4.78 is 4.55. The molecule has 0 aliphatic heterocycles. The monoisotopic (exact) mass is 273 g/mol. The minimum atomic E-state index is -1.05. The van der Waals surface area contributed by atoms with E-state index in [1.807, 2.05) is 0 Å². The highest BCUT2D eigenvalue weighted by Gasteiger charge is 2.15. The number of aromatic carboxylic acids is 1. The van der Waals surface area contributed by atoms with E-state index < -0.39 is 11.9 Å². The lowest BCUT2D eigenvalue weighted by atomic mass is 10.1. The molecule has 0 spiro atoms. The Bertz CT molecular complexity index is 685. The van der Waals surface area contributed by atoms with E-state index in [4.69, 9.17) is 10.8 Å². The molecule has 2 rings (SSSR count). The van der Waals surface area contributed by atoms with Gasteiger partial charge in [-0.05, 0) is 12.1 Å². The Morgan fingerprint density at radius 1 is 1.35 bits per heavy atom. The van der Waals surface area contributed by atoms with Gasteiger partial charge in [-0.1, -0.05) is 12.1 Å². The molecule has 0 aliphatic carbocycles. The standard InChI is InChI=1S/C13H11N3O4/c1-20-13(19)10-11(14)15-6-9(16-10)7-3-2-4-8(5-7)12(17)18/h2-6H,1H3,(H2,14,15)(H,17,18). The van der Waals surface area contributed by atoms with Crippen LogP contribution in [0.1, 0.15) is 20.8 Å². The van der Waals surface area contributed by atoms with Crippen LogP contribution < -0.4 is 5.73 Å². The molecule has 0 bridgehead atoms. The molecule has 2 aromatic rings. The lowest BCUT2D eigenvalue weighted by Gasteiger charge is -2.06. The first-order valence-corrected chi connectivity index (χ1v) is 5.57. The summed E-state index contributed by atoms with van der Waals surface area (Å²) in [5, 5.41) is 8.95. The van der Waals surface area contributed by atoms with Gasteiger partial charge in [0.1, 0.15) is 0 Å². The van der Waals surface area contributed by atoms with Crippen LogP contribution in [0.4, 0.5) is 5.82 Å². The zero-order chi connectivity index (χ0) is 14.7. The molecule has 0 saturated carbocycles. The van der Waals surface area contributed by atoms with Crippen LogP contribution in [0.3, 0.4) is 0 Å². The van der Waals surface area contributed by atoms with Crippen LogP contribution in [0.25, 0.3) is 11.3 Å². The summed E-state index contributed by atoms with van der Waals surface area (Å²) >= 11 is 0. The van der Waals surface area contributed by atoms with Crippen molar-refractivity contribution in [3.63, 3.8) is 0 Å². The van der Waals surface area contributed by atoms with Gasteiger partial charge >= 0.3 is 11.9 Å². The van der Waals surface area contributed by atoms with Crippen molar-refractivity contribution < 1.29 is 19.4 Å². The van der Waals surface area contributed by atoms with Gasteiger partial charge in [-0.2, -0.15) is 0 Å². The quantitative estimate of drug-likeness (QED) is 0.807.